The van der Waals surface area contributed by atoms with Gasteiger partial charge in [-0.1, -0.05) is 32.1 Å². The van der Waals surface area contributed by atoms with Crippen LogP contribution in [0.1, 0.15) is 37.0 Å². The lowest BCUT2D eigenvalue weighted by atomic mass is 9.92. The number of amides is 1. The van der Waals surface area contributed by atoms with Gasteiger partial charge >= 0.3 is 0 Å². The Morgan fingerprint density at radius 1 is 1.29 bits per heavy atom. The van der Waals surface area contributed by atoms with E-state index in [1.807, 2.05) is 18.7 Å². The van der Waals surface area contributed by atoms with Gasteiger partial charge in [-0.25, -0.2) is 15.0 Å². The summed E-state index contributed by atoms with van der Waals surface area (Å²) >= 11 is 1.30. The van der Waals surface area contributed by atoms with Gasteiger partial charge in [0, 0.05) is 20.6 Å². The molecule has 0 radical (unpaired) electrons. The van der Waals surface area contributed by atoms with Gasteiger partial charge in [-0.15, -0.1) is 0 Å². The van der Waals surface area contributed by atoms with Crippen molar-refractivity contribution in [3.05, 3.63) is 11.3 Å². The minimum Gasteiger partial charge on any atom is -0.371 e. The maximum Gasteiger partial charge on any atom is 0.280 e. The number of hydrogen-bond acceptors (Lipinski definition) is 6. The van der Waals surface area contributed by atoms with E-state index in [1.165, 1.54) is 11.3 Å². The van der Waals surface area contributed by atoms with E-state index in [0.717, 1.165) is 27.8 Å². The van der Waals surface area contributed by atoms with E-state index in [4.69, 9.17) is 0 Å². The monoisotopic (exact) mass is 346 g/mol. The number of fused-ring (bicyclic) bond motifs is 3. The highest BCUT2D eigenvalue weighted by molar-refractivity contribution is 7.20. The lowest BCUT2D eigenvalue weighted by Gasteiger charge is -2.17. The lowest BCUT2D eigenvalue weighted by molar-refractivity contribution is 0.0949. The number of aryl methyl sites for hydroxylation is 1. The predicted octanol–water partition coefficient (Wildman–Crippen LogP) is 2.79. The van der Waals surface area contributed by atoms with E-state index in [1.54, 1.807) is 6.33 Å². The highest BCUT2D eigenvalue weighted by atomic mass is 32.1. The fourth-order valence-electron chi connectivity index (χ4n) is 2.48. The Morgan fingerprint density at radius 3 is 2.71 bits per heavy atom. The number of thiazole rings is 1. The molecule has 0 saturated carbocycles. The second-order valence-electron chi connectivity index (χ2n) is 7.00. The van der Waals surface area contributed by atoms with Gasteiger partial charge in [0.2, 0.25) is 0 Å². The maximum atomic E-state index is 12.4. The van der Waals surface area contributed by atoms with Crippen LogP contribution in [0.5, 0.6) is 0 Å². The Morgan fingerprint density at radius 2 is 2.04 bits per heavy atom. The zero-order valence-corrected chi connectivity index (χ0v) is 15.4. The van der Waals surface area contributed by atoms with Gasteiger partial charge in [0.15, 0.2) is 10.8 Å². The van der Waals surface area contributed by atoms with Crippen molar-refractivity contribution in [1.29, 1.82) is 0 Å². The predicted molar refractivity (Wildman–Crippen MR) is 97.6 cm³/mol. The summed E-state index contributed by atoms with van der Waals surface area (Å²) in [5.41, 5.74) is 2.55. The zero-order valence-electron chi connectivity index (χ0n) is 14.6. The lowest BCUT2D eigenvalue weighted by Crippen LogP contribution is -2.27. The molecule has 7 nitrogen and oxygen atoms in total. The van der Waals surface area contributed by atoms with Crippen LogP contribution < -0.4 is 10.6 Å². The molecule has 0 fully saturated rings. The summed E-state index contributed by atoms with van der Waals surface area (Å²) in [5.74, 6) is 0.546. The summed E-state index contributed by atoms with van der Waals surface area (Å²) in [4.78, 5) is 26.6. The molecule has 3 aromatic heterocycles. The Balaban J connectivity index is 1.95. The largest absolute Gasteiger partial charge is 0.371 e. The molecular formula is C16H22N6OS. The number of rotatable bonds is 4. The Kier molecular flexibility index (Phi) is 4.16. The highest BCUT2D eigenvalue weighted by Gasteiger charge is 2.19. The van der Waals surface area contributed by atoms with Gasteiger partial charge in [-0.05, 0) is 11.8 Å². The fourth-order valence-corrected chi connectivity index (χ4v) is 3.34. The third-order valence-electron chi connectivity index (χ3n) is 3.80. The first-order chi connectivity index (χ1) is 11.3. The molecule has 0 unspecified atom stereocenters. The molecule has 24 heavy (non-hydrogen) atoms. The SMILES string of the molecule is CNc1nc2sc(C(=O)NCCC(C)(C)C)nc2c2c1ncn2C. The quantitative estimate of drug-likeness (QED) is 0.759. The Labute approximate surface area is 144 Å². The summed E-state index contributed by atoms with van der Waals surface area (Å²) in [6, 6.07) is 0. The smallest absolute Gasteiger partial charge is 0.280 e. The standard InChI is InChI=1S/C16H22N6OS/c1-16(2,3)6-7-18-13(23)15-20-10-11-9(19-8-22(11)5)12(17-4)21-14(10)24-15/h8H,6-7H2,1-5H3,(H,17,21)(H,18,23). The molecular weight excluding hydrogens is 324 g/mol. The van der Waals surface area contributed by atoms with Gasteiger partial charge in [0.05, 0.1) is 6.33 Å². The van der Waals surface area contributed by atoms with Crippen LogP contribution >= 0.6 is 11.3 Å². The van der Waals surface area contributed by atoms with Crippen LogP contribution in [0, 0.1) is 5.41 Å². The molecule has 2 N–H and O–H groups in total. The topological polar surface area (TPSA) is 84.7 Å². The van der Waals surface area contributed by atoms with Crippen molar-refractivity contribution in [1.82, 2.24) is 24.8 Å². The number of imidazole rings is 1. The van der Waals surface area contributed by atoms with Gasteiger partial charge < -0.3 is 15.2 Å². The van der Waals surface area contributed by atoms with Crippen LogP contribution in [0.25, 0.3) is 21.4 Å². The van der Waals surface area contributed by atoms with Crippen LogP contribution in [-0.2, 0) is 7.05 Å². The first kappa shape index (κ1) is 16.6. The fraction of sp³-hybridized carbons (Fsp3) is 0.500. The minimum absolute atomic E-state index is 0.149. The zero-order chi connectivity index (χ0) is 17.5. The summed E-state index contributed by atoms with van der Waals surface area (Å²) < 4.78 is 1.90. The van der Waals surface area contributed by atoms with E-state index in [-0.39, 0.29) is 11.3 Å². The molecule has 3 aromatic rings. The van der Waals surface area contributed by atoms with E-state index >= 15 is 0 Å². The van der Waals surface area contributed by atoms with E-state index in [9.17, 15) is 4.79 Å². The number of anilines is 1. The summed E-state index contributed by atoms with van der Waals surface area (Å²) in [6.45, 7) is 7.09. The Bertz CT molecular complexity index is 905. The van der Waals surface area contributed by atoms with Crippen molar-refractivity contribution in [2.45, 2.75) is 27.2 Å². The number of hydrogen-bond donors (Lipinski definition) is 2. The molecule has 3 heterocycles. The molecule has 0 saturated heterocycles. The molecule has 3 rings (SSSR count). The second-order valence-corrected chi connectivity index (χ2v) is 7.98. The number of pyridine rings is 1. The molecule has 0 aliphatic carbocycles. The molecule has 0 bridgehead atoms. The normalized spacial score (nSPS) is 12.0. The second kappa shape index (κ2) is 6.01. The molecule has 8 heteroatoms. The van der Waals surface area contributed by atoms with Gasteiger partial charge in [-0.3, -0.25) is 4.79 Å². The van der Waals surface area contributed by atoms with E-state index in [2.05, 4.69) is 46.4 Å². The van der Waals surface area contributed by atoms with Crippen molar-refractivity contribution < 1.29 is 4.79 Å². The first-order valence-electron chi connectivity index (χ1n) is 7.87. The maximum absolute atomic E-state index is 12.4. The summed E-state index contributed by atoms with van der Waals surface area (Å²) in [7, 11) is 3.72. The third kappa shape index (κ3) is 3.06. The van der Waals surface area contributed by atoms with Crippen molar-refractivity contribution in [2.75, 3.05) is 18.9 Å². The number of nitrogens with zero attached hydrogens (tertiary/aromatic N) is 4. The van der Waals surface area contributed by atoms with Crippen LogP contribution in [0.2, 0.25) is 0 Å². The first-order valence-corrected chi connectivity index (χ1v) is 8.69. The van der Waals surface area contributed by atoms with Gasteiger partial charge in [0.25, 0.3) is 5.91 Å². The van der Waals surface area contributed by atoms with Gasteiger partial charge in [-0.2, -0.15) is 0 Å². The molecule has 128 valence electrons. The van der Waals surface area contributed by atoms with Crippen LogP contribution in [0.4, 0.5) is 5.82 Å². The van der Waals surface area contributed by atoms with Crippen molar-refractivity contribution >= 4 is 44.4 Å². The van der Waals surface area contributed by atoms with Crippen LogP contribution in [-0.4, -0.2) is 39.0 Å². The molecule has 0 atom stereocenters. The third-order valence-corrected chi connectivity index (χ3v) is 4.75. The Hall–Kier alpha value is -2.22. The molecule has 0 spiro atoms. The highest BCUT2D eigenvalue weighted by Crippen LogP contribution is 2.31. The molecule has 0 aromatic carbocycles. The number of aromatic nitrogens is 4. The van der Waals surface area contributed by atoms with Crippen LogP contribution in [0.3, 0.4) is 0 Å². The van der Waals surface area contributed by atoms with Crippen LogP contribution in [0.15, 0.2) is 6.33 Å². The number of carbonyl (C=O) groups is 1. The van der Waals surface area contributed by atoms with Crippen molar-refractivity contribution in [3.8, 4) is 0 Å². The minimum atomic E-state index is -0.149. The van der Waals surface area contributed by atoms with Crippen molar-refractivity contribution in [3.63, 3.8) is 0 Å². The average molecular weight is 346 g/mol. The number of carbonyl (C=O) groups excluding carboxylic acids is 1. The number of nitrogens with one attached hydrogen (secondary N) is 2. The molecule has 0 aliphatic heterocycles. The average Bonchev–Trinajstić information content (AvgIpc) is 3.08. The van der Waals surface area contributed by atoms with E-state index < -0.39 is 0 Å². The molecule has 0 aliphatic rings. The van der Waals surface area contributed by atoms with Crippen molar-refractivity contribution in [2.24, 2.45) is 12.5 Å². The summed E-state index contributed by atoms with van der Waals surface area (Å²) in [6.07, 6.45) is 2.65. The van der Waals surface area contributed by atoms with Gasteiger partial charge in [0.1, 0.15) is 21.4 Å². The van der Waals surface area contributed by atoms with E-state index in [0.29, 0.717) is 17.4 Å². The summed E-state index contributed by atoms with van der Waals surface area (Å²) in [5, 5.41) is 6.43. The molecule has 1 amide bonds.